The number of fused-ring (bicyclic) bond motifs is 1. The first-order chi connectivity index (χ1) is 10.2. The molecule has 2 nitrogen and oxygen atoms in total. The van der Waals surface area contributed by atoms with E-state index in [-0.39, 0.29) is 5.82 Å². The highest BCUT2D eigenvalue weighted by molar-refractivity contribution is 5.83. The van der Waals surface area contributed by atoms with Crippen LogP contribution in [0.5, 0.6) is 0 Å². The van der Waals surface area contributed by atoms with Crippen molar-refractivity contribution in [2.24, 2.45) is 0 Å². The maximum Gasteiger partial charge on any atom is 0.123 e. The summed E-state index contributed by atoms with van der Waals surface area (Å²) in [5.74, 6) is -0.171. The van der Waals surface area contributed by atoms with Crippen molar-refractivity contribution in [3.63, 3.8) is 0 Å². The molecule has 1 aromatic heterocycles. The van der Waals surface area contributed by atoms with E-state index in [0.717, 1.165) is 30.6 Å². The molecule has 0 fully saturated rings. The Morgan fingerprint density at radius 3 is 2.81 bits per heavy atom. The lowest BCUT2D eigenvalue weighted by molar-refractivity contribution is 0.623. The molecule has 2 aromatic carbocycles. The maximum atomic E-state index is 13.0. The average molecular weight is 282 g/mol. The van der Waals surface area contributed by atoms with Gasteiger partial charge in [0.2, 0.25) is 0 Å². The van der Waals surface area contributed by atoms with E-state index < -0.39 is 0 Å². The number of nitrogens with one attached hydrogen (secondary N) is 2. The summed E-state index contributed by atoms with van der Waals surface area (Å²) >= 11 is 0. The number of aryl methyl sites for hydroxylation is 1. The van der Waals surface area contributed by atoms with Gasteiger partial charge in [0.05, 0.1) is 0 Å². The second kappa shape index (κ2) is 6.10. The van der Waals surface area contributed by atoms with Crippen LogP contribution in [0.1, 0.15) is 16.7 Å². The van der Waals surface area contributed by atoms with Gasteiger partial charge in [-0.05, 0) is 54.8 Å². The summed E-state index contributed by atoms with van der Waals surface area (Å²) < 4.78 is 13.0. The topological polar surface area (TPSA) is 27.8 Å². The fraction of sp³-hybridized carbons (Fsp3) is 0.222. The molecule has 3 rings (SSSR count). The van der Waals surface area contributed by atoms with Crippen molar-refractivity contribution in [2.75, 3.05) is 6.54 Å². The molecule has 0 saturated carbocycles. The molecule has 0 unspecified atom stereocenters. The number of halogens is 1. The molecule has 108 valence electrons. The normalized spacial score (nSPS) is 11.1. The summed E-state index contributed by atoms with van der Waals surface area (Å²) in [6.45, 7) is 3.62. The van der Waals surface area contributed by atoms with Crippen molar-refractivity contribution in [3.8, 4) is 0 Å². The van der Waals surface area contributed by atoms with Gasteiger partial charge >= 0.3 is 0 Å². The van der Waals surface area contributed by atoms with Crippen LogP contribution in [-0.2, 0) is 13.0 Å². The lowest BCUT2D eigenvalue weighted by Crippen LogP contribution is -2.17. The number of hydrogen-bond donors (Lipinski definition) is 2. The first-order valence-corrected chi connectivity index (χ1v) is 7.25. The van der Waals surface area contributed by atoms with Crippen LogP contribution in [0.4, 0.5) is 4.39 Å². The van der Waals surface area contributed by atoms with E-state index in [1.807, 2.05) is 19.1 Å². The third kappa shape index (κ3) is 3.14. The molecule has 0 amide bonds. The number of aromatic nitrogens is 1. The lowest BCUT2D eigenvalue weighted by atomic mass is 10.1. The standard InChI is InChI=1S/C18H19FN2/c1-13-10-16(19)7-6-14(13)11-20-9-8-15-12-21-18-5-3-2-4-17(15)18/h2-7,10,12,20-21H,8-9,11H2,1H3. The van der Waals surface area contributed by atoms with Gasteiger partial charge < -0.3 is 10.3 Å². The number of hydrogen-bond acceptors (Lipinski definition) is 1. The molecule has 2 N–H and O–H groups in total. The molecule has 0 radical (unpaired) electrons. The highest BCUT2D eigenvalue weighted by Crippen LogP contribution is 2.17. The van der Waals surface area contributed by atoms with Gasteiger partial charge in [-0.1, -0.05) is 24.3 Å². The highest BCUT2D eigenvalue weighted by atomic mass is 19.1. The fourth-order valence-electron chi connectivity index (χ4n) is 2.64. The van der Waals surface area contributed by atoms with Gasteiger partial charge in [0.1, 0.15) is 5.82 Å². The largest absolute Gasteiger partial charge is 0.361 e. The molecule has 0 aliphatic rings. The zero-order chi connectivity index (χ0) is 14.7. The Bertz CT molecular complexity index is 746. The summed E-state index contributed by atoms with van der Waals surface area (Å²) in [7, 11) is 0. The Hall–Kier alpha value is -2.13. The van der Waals surface area contributed by atoms with Crippen LogP contribution in [0.2, 0.25) is 0 Å². The number of rotatable bonds is 5. The molecule has 3 aromatic rings. The zero-order valence-corrected chi connectivity index (χ0v) is 12.1. The van der Waals surface area contributed by atoms with Crippen LogP contribution < -0.4 is 5.32 Å². The summed E-state index contributed by atoms with van der Waals surface area (Å²) in [6.07, 6.45) is 3.06. The molecule has 0 atom stereocenters. The quantitative estimate of drug-likeness (QED) is 0.681. The van der Waals surface area contributed by atoms with Gasteiger partial charge in [0.25, 0.3) is 0 Å². The number of H-pyrrole nitrogens is 1. The van der Waals surface area contributed by atoms with E-state index in [0.29, 0.717) is 0 Å². The van der Waals surface area contributed by atoms with Crippen molar-refractivity contribution in [1.82, 2.24) is 10.3 Å². The van der Waals surface area contributed by atoms with Crippen LogP contribution in [-0.4, -0.2) is 11.5 Å². The predicted molar refractivity (Wildman–Crippen MR) is 84.8 cm³/mol. The molecule has 0 saturated heterocycles. The van der Waals surface area contributed by atoms with E-state index in [1.165, 1.54) is 22.5 Å². The summed E-state index contributed by atoms with van der Waals surface area (Å²) in [5.41, 5.74) is 4.65. The van der Waals surface area contributed by atoms with Crippen LogP contribution in [0.15, 0.2) is 48.7 Å². The van der Waals surface area contributed by atoms with E-state index in [9.17, 15) is 4.39 Å². The van der Waals surface area contributed by atoms with Gasteiger partial charge in [-0.25, -0.2) is 4.39 Å². The summed E-state index contributed by atoms with van der Waals surface area (Å²) in [6, 6.07) is 13.3. The molecule has 21 heavy (non-hydrogen) atoms. The smallest absolute Gasteiger partial charge is 0.123 e. The monoisotopic (exact) mass is 282 g/mol. The minimum atomic E-state index is -0.171. The van der Waals surface area contributed by atoms with Crippen molar-refractivity contribution >= 4 is 10.9 Å². The second-order valence-corrected chi connectivity index (χ2v) is 5.36. The predicted octanol–water partition coefficient (Wildman–Crippen LogP) is 3.95. The Labute approximate surface area is 124 Å². The van der Waals surface area contributed by atoms with Gasteiger partial charge in [0.15, 0.2) is 0 Å². The third-order valence-electron chi connectivity index (χ3n) is 3.87. The average Bonchev–Trinajstić information content (AvgIpc) is 2.89. The molecular formula is C18H19FN2. The summed E-state index contributed by atoms with van der Waals surface area (Å²) in [5, 5.41) is 4.72. The van der Waals surface area contributed by atoms with Crippen molar-refractivity contribution in [3.05, 3.63) is 71.2 Å². The van der Waals surface area contributed by atoms with Gasteiger partial charge in [-0.2, -0.15) is 0 Å². The van der Waals surface area contributed by atoms with Crippen molar-refractivity contribution in [2.45, 2.75) is 19.9 Å². The van der Waals surface area contributed by atoms with Crippen molar-refractivity contribution in [1.29, 1.82) is 0 Å². The van der Waals surface area contributed by atoms with E-state index in [2.05, 4.69) is 34.7 Å². The fourth-order valence-corrected chi connectivity index (χ4v) is 2.64. The Balaban J connectivity index is 1.57. The lowest BCUT2D eigenvalue weighted by Gasteiger charge is -2.07. The first-order valence-electron chi connectivity index (χ1n) is 7.25. The van der Waals surface area contributed by atoms with E-state index >= 15 is 0 Å². The SMILES string of the molecule is Cc1cc(F)ccc1CNCCc1c[nH]c2ccccc12. The van der Waals surface area contributed by atoms with Crippen molar-refractivity contribution < 1.29 is 4.39 Å². The molecule has 1 heterocycles. The van der Waals surface area contributed by atoms with Gasteiger partial charge in [-0.15, -0.1) is 0 Å². The molecular weight excluding hydrogens is 263 g/mol. The maximum absolute atomic E-state index is 13.0. The number of para-hydroxylation sites is 1. The molecule has 3 heteroatoms. The molecule has 0 spiro atoms. The Morgan fingerprint density at radius 1 is 1.10 bits per heavy atom. The van der Waals surface area contributed by atoms with Crippen LogP contribution in [0.3, 0.4) is 0 Å². The molecule has 0 bridgehead atoms. The minimum absolute atomic E-state index is 0.171. The second-order valence-electron chi connectivity index (χ2n) is 5.36. The Morgan fingerprint density at radius 2 is 1.95 bits per heavy atom. The summed E-state index contributed by atoms with van der Waals surface area (Å²) in [4.78, 5) is 3.29. The molecule has 0 aliphatic carbocycles. The minimum Gasteiger partial charge on any atom is -0.361 e. The third-order valence-corrected chi connectivity index (χ3v) is 3.87. The van der Waals surface area contributed by atoms with Gasteiger partial charge in [0, 0.05) is 23.6 Å². The van der Waals surface area contributed by atoms with Crippen LogP contribution >= 0.6 is 0 Å². The van der Waals surface area contributed by atoms with Crippen LogP contribution in [0, 0.1) is 12.7 Å². The Kier molecular flexibility index (Phi) is 4.02. The highest BCUT2D eigenvalue weighted by Gasteiger charge is 2.03. The number of aromatic amines is 1. The first kappa shape index (κ1) is 13.8. The van der Waals surface area contributed by atoms with Gasteiger partial charge in [-0.3, -0.25) is 0 Å². The van der Waals surface area contributed by atoms with E-state index in [1.54, 1.807) is 6.07 Å². The molecule has 0 aliphatic heterocycles. The zero-order valence-electron chi connectivity index (χ0n) is 12.1. The van der Waals surface area contributed by atoms with E-state index in [4.69, 9.17) is 0 Å². The number of benzene rings is 2. The van der Waals surface area contributed by atoms with Crippen LogP contribution in [0.25, 0.3) is 10.9 Å².